The Morgan fingerprint density at radius 3 is 2.19 bits per heavy atom. The molecule has 0 aromatic carbocycles. The molecule has 0 aliphatic rings. The van der Waals surface area contributed by atoms with Crippen LogP contribution in [0.5, 0.6) is 0 Å². The molecule has 7 nitrogen and oxygen atoms in total. The molecular weight excluding hydrogens is 348 g/mol. The fourth-order valence-corrected chi connectivity index (χ4v) is 2.54. The summed E-state index contributed by atoms with van der Waals surface area (Å²) in [6.45, 7) is 2.17. The van der Waals surface area contributed by atoms with Crippen LogP contribution in [-0.4, -0.2) is 16.1 Å². The molecule has 0 aromatic rings. The van der Waals surface area contributed by atoms with Crippen LogP contribution in [0, 0.1) is 20.2 Å². The molecule has 0 bridgehead atoms. The van der Waals surface area contributed by atoms with Crippen LogP contribution < -0.4 is 0 Å². The third-order valence-corrected chi connectivity index (χ3v) is 4.10. The smallest absolute Gasteiger partial charge is 0.246 e. The van der Waals surface area contributed by atoms with Gasteiger partial charge in [-0.2, -0.15) is 0 Å². The van der Waals surface area contributed by atoms with Gasteiger partial charge in [0.05, 0.1) is 16.3 Å². The van der Waals surface area contributed by atoms with Crippen LogP contribution in [0.15, 0.2) is 35.7 Å². The van der Waals surface area contributed by atoms with Crippen molar-refractivity contribution in [2.24, 2.45) is 0 Å². The van der Waals surface area contributed by atoms with Gasteiger partial charge in [0.25, 0.3) is 0 Å². The summed E-state index contributed by atoms with van der Waals surface area (Å²) in [5.74, 6) is 0. The van der Waals surface area contributed by atoms with Gasteiger partial charge in [-0.25, -0.2) is 0 Å². The van der Waals surface area contributed by atoms with Crippen molar-refractivity contribution < 1.29 is 14.6 Å². The van der Waals surface area contributed by atoms with E-state index in [0.29, 0.717) is 19.3 Å². The zero-order chi connectivity index (χ0) is 20.3. The topological polar surface area (TPSA) is 103 Å². The standard InChI is InChI=1S/C20H31N2O5/c1-2-3-4-5-6-7-9-14-19(21(24)25)15-10-8-11-16-20(22(26)27)17-12-13-18-23/h8,10,14,16H,2-7,9,11-13,15,17H2,1H3/b10-8-,19-14+,20-16+. The summed E-state index contributed by atoms with van der Waals surface area (Å²) in [5, 5.41) is 22.0. The van der Waals surface area contributed by atoms with Crippen molar-refractivity contribution in [3.05, 3.63) is 55.9 Å². The van der Waals surface area contributed by atoms with E-state index in [0.717, 1.165) is 12.8 Å². The average molecular weight is 379 g/mol. The number of nitrogens with zero attached hydrogens (tertiary/aromatic N) is 2. The maximum atomic E-state index is 11.1. The second-order valence-corrected chi connectivity index (χ2v) is 6.37. The highest BCUT2D eigenvalue weighted by atomic mass is 16.6. The number of nitro groups is 2. The lowest BCUT2D eigenvalue weighted by molar-refractivity contribution is -0.428. The molecule has 0 rings (SSSR count). The first-order chi connectivity index (χ1) is 13.0. The van der Waals surface area contributed by atoms with Crippen LogP contribution in [0.4, 0.5) is 0 Å². The van der Waals surface area contributed by atoms with Crippen molar-refractivity contribution in [2.75, 3.05) is 0 Å². The molecule has 27 heavy (non-hydrogen) atoms. The zero-order valence-corrected chi connectivity index (χ0v) is 16.2. The van der Waals surface area contributed by atoms with E-state index >= 15 is 0 Å². The molecule has 0 atom stereocenters. The Bertz CT molecular complexity index is 538. The molecule has 0 saturated heterocycles. The Kier molecular flexibility index (Phi) is 15.7. The van der Waals surface area contributed by atoms with Gasteiger partial charge in [-0.05, 0) is 37.8 Å². The molecule has 0 aliphatic heterocycles. The minimum Gasteiger partial charge on any atom is -0.291 e. The third kappa shape index (κ3) is 14.5. The molecule has 0 heterocycles. The summed E-state index contributed by atoms with van der Waals surface area (Å²) in [6, 6.07) is 0. The van der Waals surface area contributed by atoms with E-state index in [1.165, 1.54) is 31.8 Å². The second kappa shape index (κ2) is 17.1. The van der Waals surface area contributed by atoms with E-state index in [1.54, 1.807) is 24.5 Å². The highest BCUT2D eigenvalue weighted by Crippen LogP contribution is 2.12. The van der Waals surface area contributed by atoms with Gasteiger partial charge in [0, 0.05) is 12.8 Å². The lowest BCUT2D eigenvalue weighted by atomic mass is 10.1. The molecule has 0 aliphatic carbocycles. The minimum atomic E-state index is -0.457. The highest BCUT2D eigenvalue weighted by molar-refractivity contribution is 5.50. The van der Waals surface area contributed by atoms with E-state index in [4.69, 9.17) is 0 Å². The van der Waals surface area contributed by atoms with Crippen LogP contribution in [0.25, 0.3) is 0 Å². The number of hydrogen-bond acceptors (Lipinski definition) is 5. The SMILES string of the molecule is CCCCCCCC/C=C(\C/C=C\C/C=C(\CCC[C]=O)[N+](=O)[O-])[N+](=O)[O-]. The molecule has 1 radical (unpaired) electrons. The molecule has 0 spiro atoms. The maximum absolute atomic E-state index is 11.1. The summed E-state index contributed by atoms with van der Waals surface area (Å²) in [4.78, 5) is 31.3. The van der Waals surface area contributed by atoms with Crippen molar-refractivity contribution in [1.29, 1.82) is 0 Å². The van der Waals surface area contributed by atoms with Gasteiger partial charge in [-0.15, -0.1) is 0 Å². The lowest BCUT2D eigenvalue weighted by Crippen LogP contribution is -1.99. The van der Waals surface area contributed by atoms with Crippen molar-refractivity contribution in [3.8, 4) is 0 Å². The van der Waals surface area contributed by atoms with E-state index in [9.17, 15) is 25.0 Å². The van der Waals surface area contributed by atoms with Gasteiger partial charge in [0.2, 0.25) is 11.4 Å². The molecule has 0 fully saturated rings. The first-order valence-electron chi connectivity index (χ1n) is 9.69. The van der Waals surface area contributed by atoms with Crippen LogP contribution in [-0.2, 0) is 4.79 Å². The van der Waals surface area contributed by atoms with Crippen molar-refractivity contribution >= 4 is 6.29 Å². The van der Waals surface area contributed by atoms with Gasteiger partial charge in [-0.1, -0.05) is 51.2 Å². The fourth-order valence-electron chi connectivity index (χ4n) is 2.54. The Morgan fingerprint density at radius 2 is 1.56 bits per heavy atom. The number of allylic oxidation sites excluding steroid dienone is 5. The number of unbranched alkanes of at least 4 members (excludes halogenated alkanes) is 7. The molecular formula is C20H31N2O5. The second-order valence-electron chi connectivity index (χ2n) is 6.37. The molecule has 0 amide bonds. The van der Waals surface area contributed by atoms with Crippen molar-refractivity contribution in [2.45, 2.75) is 84.0 Å². The first-order valence-corrected chi connectivity index (χ1v) is 9.69. The fraction of sp³-hybridized carbons (Fsp3) is 0.650. The molecule has 0 saturated carbocycles. The monoisotopic (exact) mass is 379 g/mol. The summed E-state index contributed by atoms with van der Waals surface area (Å²) in [6.07, 6.45) is 17.2. The quantitative estimate of drug-likeness (QED) is 0.140. The van der Waals surface area contributed by atoms with E-state index in [1.807, 2.05) is 0 Å². The molecule has 0 N–H and O–H groups in total. The molecule has 0 aromatic heterocycles. The number of rotatable bonds is 17. The van der Waals surface area contributed by atoms with Gasteiger partial charge in [0.1, 0.15) is 0 Å². The van der Waals surface area contributed by atoms with E-state index in [-0.39, 0.29) is 35.6 Å². The predicted molar refractivity (Wildman–Crippen MR) is 106 cm³/mol. The Labute approximate surface area is 161 Å². The average Bonchev–Trinajstić information content (AvgIpc) is 2.63. The largest absolute Gasteiger partial charge is 0.291 e. The summed E-state index contributed by atoms with van der Waals surface area (Å²) in [5.41, 5.74) is 0.225. The van der Waals surface area contributed by atoms with Gasteiger partial charge < -0.3 is 0 Å². The number of hydrogen-bond donors (Lipinski definition) is 0. The Morgan fingerprint density at radius 1 is 0.889 bits per heavy atom. The van der Waals surface area contributed by atoms with E-state index in [2.05, 4.69) is 6.92 Å². The zero-order valence-electron chi connectivity index (χ0n) is 16.2. The van der Waals surface area contributed by atoms with Gasteiger partial charge >= 0.3 is 0 Å². The summed E-state index contributed by atoms with van der Waals surface area (Å²) >= 11 is 0. The number of carbonyl (C=O) groups excluding carboxylic acids is 1. The predicted octanol–water partition coefficient (Wildman–Crippen LogP) is 5.67. The molecule has 151 valence electrons. The minimum absolute atomic E-state index is 0.0583. The summed E-state index contributed by atoms with van der Waals surface area (Å²) < 4.78 is 0. The normalized spacial score (nSPS) is 12.5. The Hall–Kier alpha value is -2.31. The molecule has 0 unspecified atom stereocenters. The van der Waals surface area contributed by atoms with Crippen LogP contribution in [0.3, 0.4) is 0 Å². The van der Waals surface area contributed by atoms with Crippen LogP contribution >= 0.6 is 0 Å². The summed E-state index contributed by atoms with van der Waals surface area (Å²) in [7, 11) is 0. The van der Waals surface area contributed by atoms with E-state index < -0.39 is 4.92 Å². The van der Waals surface area contributed by atoms with Crippen molar-refractivity contribution in [3.63, 3.8) is 0 Å². The van der Waals surface area contributed by atoms with Crippen LogP contribution in [0.1, 0.15) is 84.0 Å². The lowest BCUT2D eigenvalue weighted by Gasteiger charge is -1.99. The first kappa shape index (κ1) is 24.7. The maximum Gasteiger partial charge on any atom is 0.246 e. The van der Waals surface area contributed by atoms with Crippen LogP contribution in [0.2, 0.25) is 0 Å². The van der Waals surface area contributed by atoms with Gasteiger partial charge in [-0.3, -0.25) is 25.0 Å². The van der Waals surface area contributed by atoms with Gasteiger partial charge in [0.15, 0.2) is 6.29 Å². The Balaban J connectivity index is 4.32. The van der Waals surface area contributed by atoms with Crippen molar-refractivity contribution in [1.82, 2.24) is 0 Å². The molecule has 7 heteroatoms. The third-order valence-electron chi connectivity index (χ3n) is 4.10. The highest BCUT2D eigenvalue weighted by Gasteiger charge is 2.09.